The molecule has 1 aromatic carbocycles. The number of benzene rings is 1. The molecule has 0 aliphatic rings. The first-order valence-electron chi connectivity index (χ1n) is 4.05. The van der Waals surface area contributed by atoms with Crippen LogP contribution in [0.4, 0.5) is 19.7 Å². The Hall–Kier alpha value is 0.180. The second-order valence-corrected chi connectivity index (χ2v) is 11.9. The van der Waals surface area contributed by atoms with Gasteiger partial charge in [0.1, 0.15) is 0 Å². The molecule has 0 heterocycles. The summed E-state index contributed by atoms with van der Waals surface area (Å²) in [4.78, 5) is 18.0. The fourth-order valence-electron chi connectivity index (χ4n) is 1.01. The summed E-state index contributed by atoms with van der Waals surface area (Å²) in [6.45, 7) is -11.4. The number of hydrogen-bond donors (Lipinski definition) is 2. The Morgan fingerprint density at radius 2 is 1.50 bits per heavy atom. The van der Waals surface area contributed by atoms with Crippen molar-refractivity contribution in [3.05, 3.63) is 30.3 Å². The fourth-order valence-corrected chi connectivity index (χ4v) is 8.02. The molecule has 1 rings (SSSR count). The third-order valence-corrected chi connectivity index (χ3v) is 9.14. The van der Waals surface area contributed by atoms with E-state index in [1.165, 1.54) is 6.07 Å². The molecule has 18 heavy (non-hydrogen) atoms. The van der Waals surface area contributed by atoms with Crippen molar-refractivity contribution in [2.45, 2.75) is 0 Å². The zero-order valence-corrected chi connectivity index (χ0v) is 11.7. The van der Waals surface area contributed by atoms with Crippen molar-refractivity contribution in [2.75, 3.05) is 0 Å². The van der Waals surface area contributed by atoms with E-state index in [0.717, 1.165) is 12.1 Å². The average Bonchev–Trinajstić information content (AvgIpc) is 2.13. The van der Waals surface area contributed by atoms with E-state index < -0.39 is 28.5 Å². The predicted octanol–water partition coefficient (Wildman–Crippen LogP) is 3.50. The van der Waals surface area contributed by atoms with Gasteiger partial charge in [0.2, 0.25) is 0 Å². The number of rotatable bonds is 3. The van der Waals surface area contributed by atoms with Crippen LogP contribution in [0.2, 0.25) is 0 Å². The topological polar surface area (TPSA) is 49.7 Å². The van der Waals surface area contributed by atoms with Crippen LogP contribution in [0.15, 0.2) is 30.3 Å². The van der Waals surface area contributed by atoms with Gasteiger partial charge in [-0.3, -0.25) is 0 Å². The summed E-state index contributed by atoms with van der Waals surface area (Å²) in [5.74, 6) is 0. The van der Waals surface area contributed by atoms with Crippen LogP contribution >= 0.6 is 13.3 Å². The average molecular weight is 348 g/mol. The van der Waals surface area contributed by atoms with Crippen LogP contribution in [0.1, 0.15) is 0 Å². The van der Waals surface area contributed by atoms with Crippen LogP contribution in [0.3, 0.4) is 0 Å². The standard InChI is InChI=1S/C6H7F5O3P2S2/c7-16(13,17)14-15(12,18(8,9,10)11)6-4-2-1-3-5-6/h1-5,12H,(H,13,17). The summed E-state index contributed by atoms with van der Waals surface area (Å²) in [5.41, 5.74) is 0. The van der Waals surface area contributed by atoms with E-state index in [4.69, 9.17) is 4.89 Å². The van der Waals surface area contributed by atoms with Crippen LogP contribution in [-0.2, 0) is 26.0 Å². The predicted molar refractivity (Wildman–Crippen MR) is 65.7 cm³/mol. The Kier molecular flexibility index (Phi) is 4.17. The molecule has 0 radical (unpaired) electrons. The van der Waals surface area contributed by atoms with Crippen LogP contribution in [-0.4, -0.2) is 9.79 Å². The highest BCUT2D eigenvalue weighted by Crippen LogP contribution is 2.71. The molecule has 3 nitrogen and oxygen atoms in total. The van der Waals surface area contributed by atoms with E-state index in [9.17, 15) is 24.6 Å². The summed E-state index contributed by atoms with van der Waals surface area (Å²) in [7, 11) is -8.47. The van der Waals surface area contributed by atoms with E-state index in [-0.39, 0.29) is 0 Å². The van der Waals surface area contributed by atoms with Crippen LogP contribution < -0.4 is 5.30 Å². The summed E-state index contributed by atoms with van der Waals surface area (Å²) in [5, 5.41) is -0.997. The molecule has 0 aliphatic carbocycles. The van der Waals surface area contributed by atoms with E-state index >= 15 is 0 Å². The highest BCUT2D eigenvalue weighted by molar-refractivity contribution is 8.43. The van der Waals surface area contributed by atoms with Gasteiger partial charge in [0.15, 0.2) is 0 Å². The molecule has 12 heteroatoms. The van der Waals surface area contributed by atoms with Crippen molar-refractivity contribution in [1.29, 1.82) is 0 Å². The molecule has 2 N–H and O–H groups in total. The molecule has 0 bridgehead atoms. The van der Waals surface area contributed by atoms with Crippen molar-refractivity contribution in [3.63, 3.8) is 0 Å². The normalized spacial score (nSPS) is 21.4. The smallest absolute Gasteiger partial charge is 0.340 e. The Labute approximate surface area is 105 Å². The number of halogens is 5. The van der Waals surface area contributed by atoms with Crippen LogP contribution in [0.25, 0.3) is 0 Å². The third kappa shape index (κ3) is 3.60. The van der Waals surface area contributed by atoms with E-state index in [2.05, 4.69) is 16.1 Å². The molecule has 0 saturated heterocycles. The molecule has 106 valence electrons. The van der Waals surface area contributed by atoms with Crippen LogP contribution in [0, 0.1) is 0 Å². The molecule has 0 amide bonds. The largest absolute Gasteiger partial charge is 0.369 e. The second kappa shape index (κ2) is 4.63. The Morgan fingerprint density at radius 1 is 1.06 bits per heavy atom. The fraction of sp³-hybridized carbons (Fsp3) is 0. The molecular formula is C6H7F5O3P2S2. The van der Waals surface area contributed by atoms with Gasteiger partial charge in [-0.2, -0.15) is 4.20 Å². The zero-order valence-electron chi connectivity index (χ0n) is 8.29. The van der Waals surface area contributed by atoms with Gasteiger partial charge >= 0.3 is 16.7 Å². The molecule has 2 atom stereocenters. The highest BCUT2D eigenvalue weighted by Gasteiger charge is 2.50. The summed E-state index contributed by atoms with van der Waals surface area (Å²) >= 11 is 3.65. The maximum Gasteiger partial charge on any atom is 0.369 e. The molecule has 1 aromatic rings. The van der Waals surface area contributed by atoms with Crippen LogP contribution in [0.5, 0.6) is 0 Å². The van der Waals surface area contributed by atoms with Crippen molar-refractivity contribution in [1.82, 2.24) is 0 Å². The van der Waals surface area contributed by atoms with Gasteiger partial charge in [0.25, 0.3) is 6.49 Å². The van der Waals surface area contributed by atoms with Gasteiger partial charge in [-0.05, 0) is 23.9 Å². The lowest BCUT2D eigenvalue weighted by Gasteiger charge is -2.28. The van der Waals surface area contributed by atoms with E-state index in [1.807, 2.05) is 0 Å². The van der Waals surface area contributed by atoms with Crippen molar-refractivity contribution >= 4 is 40.3 Å². The van der Waals surface area contributed by atoms with Crippen molar-refractivity contribution < 1.29 is 33.8 Å². The Morgan fingerprint density at radius 3 is 1.83 bits per heavy atom. The van der Waals surface area contributed by atoms with Gasteiger partial charge in [-0.15, -0.1) is 15.5 Å². The first-order chi connectivity index (χ1) is 7.82. The summed E-state index contributed by atoms with van der Waals surface area (Å²) in [6.07, 6.45) is 0. The van der Waals surface area contributed by atoms with Gasteiger partial charge in [0, 0.05) is 5.30 Å². The maximum atomic E-state index is 12.8. The van der Waals surface area contributed by atoms with Gasteiger partial charge in [-0.25, -0.2) is 4.31 Å². The molecule has 0 aliphatic heterocycles. The molecule has 0 fully saturated rings. The van der Waals surface area contributed by atoms with Crippen molar-refractivity contribution in [2.24, 2.45) is 0 Å². The minimum atomic E-state index is -8.47. The first-order valence-corrected chi connectivity index (χ1v) is 10.5. The third-order valence-electron chi connectivity index (χ3n) is 1.67. The lowest BCUT2D eigenvalue weighted by molar-refractivity contribution is 0.408. The molecule has 2 unspecified atom stereocenters. The SMILES string of the molecule is OP(F)(=S)OP(O)(c1ccccc1)=S(F)(F)(F)F. The monoisotopic (exact) mass is 348 g/mol. The minimum Gasteiger partial charge on any atom is -0.340 e. The van der Waals surface area contributed by atoms with Gasteiger partial charge in [0.05, 0.1) is 0 Å². The minimum absolute atomic E-state index is 0.715. The molecular weight excluding hydrogens is 341 g/mol. The molecule has 0 saturated carbocycles. The Balaban J connectivity index is 3.71. The van der Waals surface area contributed by atoms with Crippen molar-refractivity contribution in [3.8, 4) is 0 Å². The zero-order chi connectivity index (χ0) is 14.3. The quantitative estimate of drug-likeness (QED) is 0.649. The molecule has 0 spiro atoms. The first kappa shape index (κ1) is 16.2. The van der Waals surface area contributed by atoms with E-state index in [1.54, 1.807) is 0 Å². The van der Waals surface area contributed by atoms with Gasteiger partial charge in [-0.1, -0.05) is 18.2 Å². The van der Waals surface area contributed by atoms with Gasteiger partial charge < -0.3 is 9.79 Å². The maximum absolute atomic E-state index is 12.8. The second-order valence-electron chi connectivity index (χ2n) is 3.02. The molecule has 0 aromatic heterocycles. The van der Waals surface area contributed by atoms with E-state index in [0.29, 0.717) is 12.1 Å². The Bertz CT molecular complexity index is 571. The summed E-state index contributed by atoms with van der Waals surface area (Å²) < 4.78 is 67.5. The lowest BCUT2D eigenvalue weighted by Crippen LogP contribution is -2.17. The lowest BCUT2D eigenvalue weighted by atomic mass is 10.4. The number of hydrogen-bond acceptors (Lipinski definition) is 2. The summed E-state index contributed by atoms with van der Waals surface area (Å²) in [6, 6.07) is 4.88. The highest BCUT2D eigenvalue weighted by atomic mass is 32.7.